The standard InChI is InChI=1S/C48H76N2O17/c1-28-18-16-14-12-10-8-6-7-9-11-13-15-17-19-36(67-48-46(61)43(49)45(60)31(4)66-48)27-40(57)42(47(62)63)39(56)23-32(50-64-5)22-34(52)25-38(55)37(54)21-20-33(51)24-35(53)26-41(58)65-30(3)29(2)44(28)59/h6-19,28-31,33-40,42-46,48,51-57,59-61H,20-27,49H2,1-5H3,(H,62,63)/b7-6+,10-8+,11-9+,14-12+,15-13+,18-16+,19-17+,50-32-. The minimum absolute atomic E-state index is 0.0414. The molecule has 0 bridgehead atoms. The molecule has 2 rings (SSSR count). The first kappa shape index (κ1) is 59.2. The van der Waals surface area contributed by atoms with E-state index in [-0.39, 0.29) is 37.3 Å². The van der Waals surface area contributed by atoms with Crippen molar-refractivity contribution >= 4 is 17.7 Å². The summed E-state index contributed by atoms with van der Waals surface area (Å²) in [4.78, 5) is 30.0. The molecule has 19 heteroatoms. The number of nitrogens with two attached hydrogens (primary N) is 1. The van der Waals surface area contributed by atoms with E-state index in [4.69, 9.17) is 24.8 Å². The van der Waals surface area contributed by atoms with Gasteiger partial charge in [0.15, 0.2) is 6.29 Å². The summed E-state index contributed by atoms with van der Waals surface area (Å²) in [5.41, 5.74) is 5.95. The Morgan fingerprint density at radius 1 is 0.627 bits per heavy atom. The van der Waals surface area contributed by atoms with Crippen molar-refractivity contribution in [3.8, 4) is 0 Å². The van der Waals surface area contributed by atoms with Crippen LogP contribution in [0.3, 0.4) is 0 Å². The summed E-state index contributed by atoms with van der Waals surface area (Å²) >= 11 is 0. The number of allylic oxidation sites excluding steroid dienone is 12. The van der Waals surface area contributed by atoms with Gasteiger partial charge in [0.05, 0.1) is 85.3 Å². The molecule has 0 aromatic heterocycles. The number of rotatable bonds is 4. The number of aliphatic hydroxyl groups is 10. The van der Waals surface area contributed by atoms with E-state index in [1.165, 1.54) is 20.1 Å². The van der Waals surface area contributed by atoms with Gasteiger partial charge in [-0.25, -0.2) is 0 Å². The van der Waals surface area contributed by atoms with Crippen LogP contribution in [0.5, 0.6) is 0 Å². The van der Waals surface area contributed by atoms with Crippen LogP contribution in [0.15, 0.2) is 90.2 Å². The number of carbonyl (C=O) groups is 2. The molecular formula is C48H76N2O17. The Morgan fingerprint density at radius 2 is 1.18 bits per heavy atom. The third kappa shape index (κ3) is 21.9. The van der Waals surface area contributed by atoms with E-state index in [0.717, 1.165) is 0 Å². The number of carbonyl (C=O) groups excluding carboxylic acids is 1. The molecule has 1 saturated heterocycles. The molecule has 18 atom stereocenters. The molecule has 0 aromatic carbocycles. The van der Waals surface area contributed by atoms with Crippen LogP contribution in [0.1, 0.15) is 79.1 Å². The first-order valence-corrected chi connectivity index (χ1v) is 22.7. The molecule has 380 valence electrons. The van der Waals surface area contributed by atoms with Crippen LogP contribution in [0.4, 0.5) is 0 Å². The molecule has 2 aliphatic heterocycles. The Kier molecular flexibility index (Phi) is 27.6. The van der Waals surface area contributed by atoms with Gasteiger partial charge in [0.2, 0.25) is 0 Å². The summed E-state index contributed by atoms with van der Waals surface area (Å²) in [6, 6.07) is -1.14. The van der Waals surface area contributed by atoms with E-state index < -0.39 is 141 Å². The Labute approximate surface area is 393 Å². The molecule has 18 unspecified atom stereocenters. The molecule has 2 heterocycles. The summed E-state index contributed by atoms with van der Waals surface area (Å²) in [6.45, 7) is 6.73. The van der Waals surface area contributed by atoms with Crippen LogP contribution in [0, 0.1) is 17.8 Å². The lowest BCUT2D eigenvalue weighted by Gasteiger charge is -2.41. The van der Waals surface area contributed by atoms with E-state index >= 15 is 0 Å². The number of aliphatic carboxylic acids is 1. The normalized spacial score (nSPS) is 42.4. The number of esters is 1. The molecule has 19 nitrogen and oxygen atoms in total. The van der Waals surface area contributed by atoms with Gasteiger partial charge in [-0.05, 0) is 33.1 Å². The zero-order chi connectivity index (χ0) is 50.2. The van der Waals surface area contributed by atoms with Crippen molar-refractivity contribution in [1.29, 1.82) is 0 Å². The monoisotopic (exact) mass is 953 g/mol. The number of oxime groups is 1. The topological polar surface area (TPSA) is 332 Å². The van der Waals surface area contributed by atoms with Gasteiger partial charge < -0.3 is 81.0 Å². The Morgan fingerprint density at radius 3 is 1.75 bits per heavy atom. The molecule has 0 saturated carbocycles. The van der Waals surface area contributed by atoms with Gasteiger partial charge in [-0.15, -0.1) is 0 Å². The van der Waals surface area contributed by atoms with Crippen LogP contribution in [0.25, 0.3) is 0 Å². The number of cyclic esters (lactones) is 1. The highest BCUT2D eigenvalue weighted by molar-refractivity contribution is 5.85. The Bertz CT molecular complexity index is 1700. The van der Waals surface area contributed by atoms with Crippen molar-refractivity contribution in [3.05, 3.63) is 85.1 Å². The van der Waals surface area contributed by atoms with Gasteiger partial charge in [-0.2, -0.15) is 0 Å². The van der Waals surface area contributed by atoms with Gasteiger partial charge in [0.1, 0.15) is 25.2 Å². The molecule has 13 N–H and O–H groups in total. The average Bonchev–Trinajstić information content (AvgIpc) is 3.25. The summed E-state index contributed by atoms with van der Waals surface area (Å²) in [6.07, 6.45) is 3.58. The lowest BCUT2D eigenvalue weighted by Crippen LogP contribution is -2.61. The van der Waals surface area contributed by atoms with Gasteiger partial charge >= 0.3 is 11.9 Å². The second-order valence-electron chi connectivity index (χ2n) is 17.4. The molecule has 0 amide bonds. The lowest BCUT2D eigenvalue weighted by atomic mass is 9.88. The fraction of sp³-hybridized carbons (Fsp3) is 0.646. The third-order valence-electron chi connectivity index (χ3n) is 11.7. The maximum atomic E-state index is 12.6. The van der Waals surface area contributed by atoms with E-state index in [9.17, 15) is 65.8 Å². The van der Waals surface area contributed by atoms with Crippen LogP contribution in [-0.4, -0.2) is 173 Å². The van der Waals surface area contributed by atoms with E-state index in [1.807, 2.05) is 13.0 Å². The van der Waals surface area contributed by atoms with E-state index in [0.29, 0.717) is 0 Å². The highest BCUT2D eigenvalue weighted by Crippen LogP contribution is 2.27. The maximum absolute atomic E-state index is 12.6. The predicted molar refractivity (Wildman–Crippen MR) is 248 cm³/mol. The minimum Gasteiger partial charge on any atom is -0.481 e. The van der Waals surface area contributed by atoms with Crippen molar-refractivity contribution in [3.63, 3.8) is 0 Å². The maximum Gasteiger partial charge on any atom is 0.311 e. The highest BCUT2D eigenvalue weighted by Gasteiger charge is 2.43. The van der Waals surface area contributed by atoms with Gasteiger partial charge in [-0.3, -0.25) is 9.59 Å². The summed E-state index contributed by atoms with van der Waals surface area (Å²) in [5, 5.41) is 122. The average molecular weight is 953 g/mol. The number of carboxylic acid groups (broad SMARTS) is 1. The highest BCUT2D eigenvalue weighted by atomic mass is 16.7. The van der Waals surface area contributed by atoms with Crippen LogP contribution in [0.2, 0.25) is 0 Å². The predicted octanol–water partition coefficient (Wildman–Crippen LogP) is 0.988. The first-order valence-electron chi connectivity index (χ1n) is 22.7. The SMILES string of the molecule is CO/N=C1/CC(O)CC(O)C(O)CCC(O)CC(O)CC(=O)OC(C)C(C)C(O)C(C)/C=C/C=C/C=C/C=C/C=C/C=C/C=C/C(OC2OC(C)C(O)C(N)C2O)CC(O)C(C(=O)O)C(O)C1. The number of aliphatic hydroxyl groups excluding tert-OH is 10. The number of carboxylic acids is 1. The van der Waals surface area contributed by atoms with Crippen molar-refractivity contribution in [2.75, 3.05) is 7.11 Å². The second kappa shape index (κ2) is 31.2. The van der Waals surface area contributed by atoms with Crippen molar-refractivity contribution < 1.29 is 84.8 Å². The molecule has 2 aliphatic rings. The van der Waals surface area contributed by atoms with Crippen LogP contribution in [-0.2, 0) is 28.6 Å². The fourth-order valence-electron chi connectivity index (χ4n) is 7.52. The van der Waals surface area contributed by atoms with Crippen molar-refractivity contribution in [1.82, 2.24) is 0 Å². The molecule has 0 aliphatic carbocycles. The Hall–Kier alpha value is -3.93. The number of hydrogen-bond donors (Lipinski definition) is 12. The van der Waals surface area contributed by atoms with Gasteiger partial charge in [-0.1, -0.05) is 104 Å². The van der Waals surface area contributed by atoms with Gasteiger partial charge in [0.25, 0.3) is 0 Å². The van der Waals surface area contributed by atoms with Crippen molar-refractivity contribution in [2.24, 2.45) is 28.6 Å². The first-order chi connectivity index (χ1) is 31.7. The van der Waals surface area contributed by atoms with Gasteiger partial charge in [0, 0.05) is 37.5 Å². The zero-order valence-electron chi connectivity index (χ0n) is 39.0. The molecule has 67 heavy (non-hydrogen) atoms. The third-order valence-corrected chi connectivity index (χ3v) is 11.7. The smallest absolute Gasteiger partial charge is 0.311 e. The quantitative estimate of drug-likeness (QED) is 0.138. The summed E-state index contributed by atoms with van der Waals surface area (Å²) in [5.74, 6) is -4.90. The minimum atomic E-state index is -1.84. The Balaban J connectivity index is 2.35. The summed E-state index contributed by atoms with van der Waals surface area (Å²) < 4.78 is 17.1. The number of ether oxygens (including phenoxy) is 3. The summed E-state index contributed by atoms with van der Waals surface area (Å²) in [7, 11) is 1.18. The molecule has 0 aromatic rings. The van der Waals surface area contributed by atoms with E-state index in [1.54, 1.807) is 86.8 Å². The molecular weight excluding hydrogens is 877 g/mol. The zero-order valence-corrected chi connectivity index (χ0v) is 39.0. The molecule has 0 spiro atoms. The van der Waals surface area contributed by atoms with Crippen LogP contribution >= 0.6 is 0 Å². The van der Waals surface area contributed by atoms with Crippen LogP contribution < -0.4 is 5.73 Å². The number of hydrogen-bond acceptors (Lipinski definition) is 18. The lowest BCUT2D eigenvalue weighted by molar-refractivity contribution is -0.277. The molecule has 1 fully saturated rings. The second-order valence-corrected chi connectivity index (χ2v) is 17.4. The molecule has 0 radical (unpaired) electrons. The fourth-order valence-corrected chi connectivity index (χ4v) is 7.52. The number of nitrogens with zero attached hydrogens (tertiary/aromatic N) is 1. The van der Waals surface area contributed by atoms with Crippen molar-refractivity contribution in [2.45, 2.75) is 171 Å². The van der Waals surface area contributed by atoms with E-state index in [2.05, 4.69) is 5.16 Å². The largest absolute Gasteiger partial charge is 0.481 e.